The number of carbonyl (C=O) groups is 1. The summed E-state index contributed by atoms with van der Waals surface area (Å²) in [6.07, 6.45) is 0. The maximum atomic E-state index is 11.8. The van der Waals surface area contributed by atoms with Crippen molar-refractivity contribution in [2.24, 2.45) is 0 Å². The Morgan fingerprint density at radius 1 is 0.889 bits per heavy atom. The van der Waals surface area contributed by atoms with Crippen molar-refractivity contribution >= 4 is 11.6 Å². The molecule has 0 spiro atoms. The molecule has 0 aliphatic rings. The van der Waals surface area contributed by atoms with Gasteiger partial charge in [-0.1, -0.05) is 36.4 Å². The summed E-state index contributed by atoms with van der Waals surface area (Å²) < 4.78 is 0. The molecule has 0 heterocycles. The third-order valence-corrected chi connectivity index (χ3v) is 2.23. The van der Waals surface area contributed by atoms with E-state index in [-0.39, 0.29) is 43.6 Å². The number of rotatable bonds is 2. The summed E-state index contributed by atoms with van der Waals surface area (Å²) in [7, 11) is 0. The maximum absolute atomic E-state index is 11.8. The molecule has 2 aromatic carbocycles. The summed E-state index contributed by atoms with van der Waals surface area (Å²) in [5.74, 6) is -0.253. The second-order valence-electron chi connectivity index (χ2n) is 3.41. The fourth-order valence-corrected chi connectivity index (χ4v) is 1.41. The van der Waals surface area contributed by atoms with Crippen LogP contribution in [0.4, 0.5) is 5.69 Å². The Balaban J connectivity index is 0.00000144. The van der Waals surface area contributed by atoms with Crippen LogP contribution in [0.2, 0.25) is 0 Å². The average molecular weight is 223 g/mol. The molecule has 0 aromatic heterocycles. The monoisotopic (exact) mass is 223 g/mol. The number of amides is 1. The van der Waals surface area contributed by atoms with E-state index in [4.69, 9.17) is 0 Å². The van der Waals surface area contributed by atoms with E-state index in [2.05, 4.69) is 12.2 Å². The third kappa shape index (κ3) is 4.33. The standard InChI is InChI=1S/C14H12NO.2Li/c1-11-7-5-6-10-13(11)14(16)15-12-8-3-2-4-9-12;;/h2-10H,1H2,(H,15,16);;/q-1;2*+1/p-1. The topological polar surface area (TPSA) is 31.2 Å². The van der Waals surface area contributed by atoms with Crippen molar-refractivity contribution in [3.05, 3.63) is 78.0 Å². The minimum atomic E-state index is -0.253. The van der Waals surface area contributed by atoms with Gasteiger partial charge in [0.15, 0.2) is 0 Å². The van der Waals surface area contributed by atoms with E-state index in [1.54, 1.807) is 24.3 Å². The molecule has 0 atom stereocenters. The molecule has 80 valence electrons. The Labute approximate surface area is 132 Å². The van der Waals surface area contributed by atoms with E-state index in [0.717, 1.165) is 0 Å². The molecule has 1 amide bonds. The molecule has 0 aliphatic carbocycles. The molecule has 2 rings (SSSR count). The number of benzene rings is 2. The first-order valence-corrected chi connectivity index (χ1v) is 4.99. The normalized spacial score (nSPS) is 8.67. The molecular weight excluding hydrogens is 212 g/mol. The largest absolute Gasteiger partial charge is 1.00 e. The quantitative estimate of drug-likeness (QED) is 0.417. The Bertz CT molecular complexity index is 500. The van der Waals surface area contributed by atoms with E-state index < -0.39 is 0 Å². The molecule has 0 bridgehead atoms. The second kappa shape index (κ2) is 8.14. The van der Waals surface area contributed by atoms with Crippen LogP contribution in [-0.2, 0) is 0 Å². The third-order valence-electron chi connectivity index (χ3n) is 2.23. The average Bonchev–Trinajstić information content (AvgIpc) is 2.31. The summed E-state index contributed by atoms with van der Waals surface area (Å²) in [5, 5.41) is 4.01. The Hall–Kier alpha value is -1.03. The predicted octanol–water partition coefficient (Wildman–Crippen LogP) is -2.28. The molecule has 0 unspecified atom stereocenters. The van der Waals surface area contributed by atoms with E-state index in [1.807, 2.05) is 30.3 Å². The fraction of sp³-hybridized carbons (Fsp3) is 0. The molecular formula is C14H11Li2NO. The Kier molecular flexibility index (Phi) is 7.68. The molecule has 0 saturated carbocycles. The zero-order valence-corrected chi connectivity index (χ0v) is 10.8. The van der Waals surface area contributed by atoms with Crippen molar-refractivity contribution in [3.63, 3.8) is 0 Å². The predicted molar refractivity (Wildman–Crippen MR) is 64.7 cm³/mol. The van der Waals surface area contributed by atoms with Crippen molar-refractivity contribution in [3.8, 4) is 0 Å². The van der Waals surface area contributed by atoms with Gasteiger partial charge in [0.05, 0.1) is 0 Å². The molecule has 0 aliphatic heterocycles. The van der Waals surface area contributed by atoms with Gasteiger partial charge in [0.25, 0.3) is 0 Å². The Morgan fingerprint density at radius 2 is 1.44 bits per heavy atom. The van der Waals surface area contributed by atoms with Crippen LogP contribution in [0.25, 0.3) is 5.32 Å². The van der Waals surface area contributed by atoms with Gasteiger partial charge in [-0.25, -0.2) is 0 Å². The van der Waals surface area contributed by atoms with Crippen LogP contribution < -0.4 is 37.7 Å². The van der Waals surface area contributed by atoms with Crippen LogP contribution in [-0.4, -0.2) is 5.91 Å². The fourth-order valence-electron chi connectivity index (χ4n) is 1.41. The molecule has 0 radical (unpaired) electrons. The minimum absolute atomic E-state index is 0. The summed E-state index contributed by atoms with van der Waals surface area (Å²) in [6.45, 7) is 3.80. The van der Waals surface area contributed by atoms with Gasteiger partial charge in [0, 0.05) is 5.91 Å². The smallest absolute Gasteiger partial charge is 0.634 e. The molecule has 18 heavy (non-hydrogen) atoms. The van der Waals surface area contributed by atoms with Crippen molar-refractivity contribution in [2.45, 2.75) is 0 Å². The van der Waals surface area contributed by atoms with Gasteiger partial charge in [0.1, 0.15) is 0 Å². The second-order valence-corrected chi connectivity index (χ2v) is 3.41. The van der Waals surface area contributed by atoms with Gasteiger partial charge in [-0.05, 0) is 0 Å². The van der Waals surface area contributed by atoms with E-state index >= 15 is 0 Å². The molecule has 0 fully saturated rings. The van der Waals surface area contributed by atoms with Crippen molar-refractivity contribution in [2.75, 3.05) is 0 Å². The molecule has 2 nitrogen and oxygen atoms in total. The van der Waals surface area contributed by atoms with Crippen molar-refractivity contribution in [1.29, 1.82) is 0 Å². The number of nitrogens with zero attached hydrogens (tertiary/aromatic N) is 1. The van der Waals surface area contributed by atoms with Crippen LogP contribution in [0, 0.1) is 6.92 Å². The first-order chi connectivity index (χ1) is 7.77. The molecule has 0 N–H and O–H groups in total. The van der Waals surface area contributed by atoms with E-state index in [1.165, 1.54) is 0 Å². The van der Waals surface area contributed by atoms with Crippen LogP contribution in [0.3, 0.4) is 0 Å². The number of hydrogen-bond acceptors (Lipinski definition) is 1. The molecule has 0 saturated heterocycles. The summed E-state index contributed by atoms with van der Waals surface area (Å²) in [6, 6.07) is 16.4. The van der Waals surface area contributed by atoms with Gasteiger partial charge < -0.3 is 10.1 Å². The van der Waals surface area contributed by atoms with Gasteiger partial charge in [0.2, 0.25) is 0 Å². The van der Waals surface area contributed by atoms with E-state index in [9.17, 15) is 4.79 Å². The maximum Gasteiger partial charge on any atom is 1.00 e. The SMILES string of the molecule is [CH2-]c1ccccc1C(=O)[N-]c1ccccc1.[Li+].[Li+]. The first kappa shape index (κ1) is 17.0. The summed E-state index contributed by atoms with van der Waals surface area (Å²) in [5.41, 5.74) is 1.91. The number of para-hydroxylation sites is 1. The van der Waals surface area contributed by atoms with Gasteiger partial charge in [-0.3, -0.25) is 0 Å². The van der Waals surface area contributed by atoms with Gasteiger partial charge in [-0.2, -0.15) is 18.6 Å². The first-order valence-electron chi connectivity index (χ1n) is 4.99. The molecule has 4 heteroatoms. The van der Waals surface area contributed by atoms with Crippen LogP contribution in [0.1, 0.15) is 15.9 Å². The van der Waals surface area contributed by atoms with Crippen molar-refractivity contribution < 1.29 is 42.5 Å². The van der Waals surface area contributed by atoms with Gasteiger partial charge >= 0.3 is 37.7 Å². The van der Waals surface area contributed by atoms with Crippen LogP contribution in [0.5, 0.6) is 0 Å². The van der Waals surface area contributed by atoms with Crippen LogP contribution >= 0.6 is 0 Å². The summed E-state index contributed by atoms with van der Waals surface area (Å²) in [4.78, 5) is 11.8. The van der Waals surface area contributed by atoms with Crippen molar-refractivity contribution in [1.82, 2.24) is 0 Å². The summed E-state index contributed by atoms with van der Waals surface area (Å²) >= 11 is 0. The van der Waals surface area contributed by atoms with Crippen LogP contribution in [0.15, 0.2) is 54.6 Å². The minimum Gasteiger partial charge on any atom is -0.634 e. The van der Waals surface area contributed by atoms with Gasteiger partial charge in [-0.15, -0.1) is 23.4 Å². The Morgan fingerprint density at radius 3 is 2.06 bits per heavy atom. The zero-order valence-electron chi connectivity index (χ0n) is 10.8. The molecule has 2 aromatic rings. The number of carbonyl (C=O) groups excluding carboxylic acids is 1. The zero-order chi connectivity index (χ0) is 11.4. The number of hydrogen-bond donors (Lipinski definition) is 0. The van der Waals surface area contributed by atoms with E-state index in [0.29, 0.717) is 16.8 Å².